The zero-order chi connectivity index (χ0) is 16.7. The highest BCUT2D eigenvalue weighted by Crippen LogP contribution is 2.30. The molecule has 7 heteroatoms. The molecule has 1 atom stereocenters. The topological polar surface area (TPSA) is 55.5 Å². The molecule has 6 nitrogen and oxygen atoms in total. The minimum Gasteiger partial charge on any atom is -0.487 e. The Hall–Kier alpha value is -2.15. The second kappa shape index (κ2) is 5.73. The van der Waals surface area contributed by atoms with Crippen molar-refractivity contribution in [3.8, 4) is 5.75 Å². The molecule has 0 N–H and O–H groups in total. The molecular weight excluding hydrogens is 322 g/mol. The number of aromatic nitrogens is 4. The predicted octanol–water partition coefficient (Wildman–Crippen LogP) is 3.14. The van der Waals surface area contributed by atoms with E-state index in [-0.39, 0.29) is 11.5 Å². The van der Waals surface area contributed by atoms with Crippen molar-refractivity contribution in [3.05, 3.63) is 36.4 Å². The summed E-state index contributed by atoms with van der Waals surface area (Å²) in [4.78, 5) is 12.0. The molecule has 0 spiro atoms. The first-order valence-electron chi connectivity index (χ1n) is 8.17. The Kier molecular flexibility index (Phi) is 3.68. The Balaban J connectivity index is 1.47. The molecule has 126 valence electrons. The normalized spacial score (nSPS) is 18.5. The van der Waals surface area contributed by atoms with Crippen LogP contribution in [0.25, 0.3) is 4.96 Å². The Labute approximate surface area is 145 Å². The van der Waals surface area contributed by atoms with Gasteiger partial charge in [-0.2, -0.15) is 0 Å². The summed E-state index contributed by atoms with van der Waals surface area (Å²) in [6.07, 6.45) is 6.72. The first-order valence-corrected chi connectivity index (χ1v) is 8.99. The van der Waals surface area contributed by atoms with E-state index in [0.717, 1.165) is 41.0 Å². The molecule has 3 aromatic rings. The van der Waals surface area contributed by atoms with Crippen LogP contribution in [0.5, 0.6) is 5.75 Å². The van der Waals surface area contributed by atoms with Gasteiger partial charge in [0, 0.05) is 24.6 Å². The van der Waals surface area contributed by atoms with Crippen LogP contribution >= 0.6 is 11.3 Å². The van der Waals surface area contributed by atoms with Crippen molar-refractivity contribution in [2.45, 2.75) is 38.7 Å². The summed E-state index contributed by atoms with van der Waals surface area (Å²) in [5.41, 5.74) is 1.12. The molecule has 0 amide bonds. The van der Waals surface area contributed by atoms with E-state index in [2.05, 4.69) is 30.7 Å². The predicted molar refractivity (Wildman–Crippen MR) is 95.0 cm³/mol. The average Bonchev–Trinajstić information content (AvgIpc) is 3.20. The van der Waals surface area contributed by atoms with Gasteiger partial charge in [0.2, 0.25) is 10.1 Å². The maximum atomic E-state index is 6.00. The molecule has 1 saturated heterocycles. The first kappa shape index (κ1) is 15.4. The van der Waals surface area contributed by atoms with Gasteiger partial charge in [0.1, 0.15) is 11.9 Å². The lowest BCUT2D eigenvalue weighted by atomic mass is 9.93. The van der Waals surface area contributed by atoms with Crippen LogP contribution in [-0.2, 0) is 5.41 Å². The highest BCUT2D eigenvalue weighted by Gasteiger charge is 2.27. The largest absolute Gasteiger partial charge is 0.487 e. The maximum absolute atomic E-state index is 6.00. The fourth-order valence-corrected chi connectivity index (χ4v) is 3.70. The van der Waals surface area contributed by atoms with Crippen LogP contribution in [0.3, 0.4) is 0 Å². The third-order valence-corrected chi connectivity index (χ3v) is 5.14. The molecule has 1 aliphatic heterocycles. The summed E-state index contributed by atoms with van der Waals surface area (Å²) in [5, 5.41) is 5.71. The van der Waals surface area contributed by atoms with Crippen LogP contribution in [0, 0.1) is 0 Å². The SMILES string of the molecule is CC(C)(C)c1cn2nc(N3CC[C@H](Oc4cccnc4)C3)sc2n1. The number of hydrogen-bond donors (Lipinski definition) is 0. The summed E-state index contributed by atoms with van der Waals surface area (Å²) in [5.74, 6) is 0.827. The number of anilines is 1. The van der Waals surface area contributed by atoms with Crippen LogP contribution in [0.2, 0.25) is 0 Å². The van der Waals surface area contributed by atoms with Gasteiger partial charge in [0.05, 0.1) is 24.6 Å². The molecule has 4 heterocycles. The van der Waals surface area contributed by atoms with Crippen molar-refractivity contribution in [1.29, 1.82) is 0 Å². The molecule has 0 bridgehead atoms. The molecule has 4 rings (SSSR count). The lowest BCUT2D eigenvalue weighted by molar-refractivity contribution is 0.224. The van der Waals surface area contributed by atoms with Crippen LogP contribution in [-0.4, -0.2) is 38.8 Å². The van der Waals surface area contributed by atoms with Gasteiger partial charge in [0.25, 0.3) is 0 Å². The number of rotatable bonds is 3. The third-order valence-electron chi connectivity index (χ3n) is 4.15. The number of hydrogen-bond acceptors (Lipinski definition) is 6. The molecular formula is C17H21N5OS. The van der Waals surface area contributed by atoms with Gasteiger partial charge in [0.15, 0.2) is 0 Å². The highest BCUT2D eigenvalue weighted by atomic mass is 32.1. The van der Waals surface area contributed by atoms with Crippen molar-refractivity contribution in [1.82, 2.24) is 19.6 Å². The summed E-state index contributed by atoms with van der Waals surface area (Å²) < 4.78 is 7.90. The Morgan fingerprint density at radius 3 is 2.92 bits per heavy atom. The van der Waals surface area contributed by atoms with E-state index in [0.29, 0.717) is 0 Å². The molecule has 0 radical (unpaired) electrons. The van der Waals surface area contributed by atoms with Crippen molar-refractivity contribution in [2.75, 3.05) is 18.0 Å². The summed E-state index contributed by atoms with van der Waals surface area (Å²) >= 11 is 1.64. The number of nitrogens with zero attached hydrogens (tertiary/aromatic N) is 5. The third kappa shape index (κ3) is 2.96. The number of imidazole rings is 1. The zero-order valence-corrected chi connectivity index (χ0v) is 15.0. The monoisotopic (exact) mass is 343 g/mol. The minimum atomic E-state index is 0.0455. The molecule has 0 aromatic carbocycles. The maximum Gasteiger partial charge on any atom is 0.214 e. The second-order valence-corrected chi connectivity index (χ2v) is 8.09. The summed E-state index contributed by atoms with van der Waals surface area (Å²) in [6, 6.07) is 3.84. The zero-order valence-electron chi connectivity index (χ0n) is 14.1. The molecule has 0 unspecified atom stereocenters. The fourth-order valence-electron chi connectivity index (χ4n) is 2.79. The van der Waals surface area contributed by atoms with E-state index in [1.807, 2.05) is 22.8 Å². The van der Waals surface area contributed by atoms with Crippen LogP contribution in [0.15, 0.2) is 30.7 Å². The minimum absolute atomic E-state index is 0.0455. The van der Waals surface area contributed by atoms with E-state index in [1.165, 1.54) is 0 Å². The average molecular weight is 343 g/mol. The van der Waals surface area contributed by atoms with E-state index in [9.17, 15) is 0 Å². The van der Waals surface area contributed by atoms with Gasteiger partial charge < -0.3 is 9.64 Å². The molecule has 24 heavy (non-hydrogen) atoms. The quantitative estimate of drug-likeness (QED) is 0.731. The van der Waals surface area contributed by atoms with Crippen LogP contribution < -0.4 is 9.64 Å². The summed E-state index contributed by atoms with van der Waals surface area (Å²) in [7, 11) is 0. The van der Waals surface area contributed by atoms with E-state index >= 15 is 0 Å². The van der Waals surface area contributed by atoms with E-state index in [4.69, 9.17) is 14.8 Å². The lowest BCUT2D eigenvalue weighted by Gasteiger charge is -2.15. The number of ether oxygens (including phenoxy) is 1. The number of fused-ring (bicyclic) bond motifs is 1. The number of pyridine rings is 1. The lowest BCUT2D eigenvalue weighted by Crippen LogP contribution is -2.24. The molecule has 0 saturated carbocycles. The van der Waals surface area contributed by atoms with Crippen LogP contribution in [0.1, 0.15) is 32.9 Å². The van der Waals surface area contributed by atoms with Gasteiger partial charge in [-0.1, -0.05) is 32.1 Å². The summed E-state index contributed by atoms with van der Waals surface area (Å²) in [6.45, 7) is 8.30. The fraction of sp³-hybridized carbons (Fsp3) is 0.471. The highest BCUT2D eigenvalue weighted by molar-refractivity contribution is 7.20. The molecule has 3 aromatic heterocycles. The van der Waals surface area contributed by atoms with Crippen molar-refractivity contribution >= 4 is 21.4 Å². The van der Waals surface area contributed by atoms with Gasteiger partial charge in [-0.05, 0) is 12.1 Å². The van der Waals surface area contributed by atoms with Crippen molar-refractivity contribution in [2.24, 2.45) is 0 Å². The Morgan fingerprint density at radius 2 is 2.21 bits per heavy atom. The smallest absolute Gasteiger partial charge is 0.214 e. The molecule has 0 aliphatic carbocycles. The standard InChI is InChI=1S/C17H21N5OS/c1-17(2,3)14-11-22-15(19-14)24-16(20-22)21-8-6-13(10-21)23-12-5-4-7-18-9-12/h4-5,7,9,11,13H,6,8,10H2,1-3H3/t13-/m0/s1. The van der Waals surface area contributed by atoms with Crippen molar-refractivity contribution < 1.29 is 4.74 Å². The van der Waals surface area contributed by atoms with Gasteiger partial charge in [-0.15, -0.1) is 5.10 Å². The van der Waals surface area contributed by atoms with E-state index in [1.54, 1.807) is 23.7 Å². The second-order valence-electron chi connectivity index (χ2n) is 7.15. The Bertz CT molecular complexity index is 804. The first-order chi connectivity index (χ1) is 11.5. The van der Waals surface area contributed by atoms with E-state index < -0.39 is 0 Å². The van der Waals surface area contributed by atoms with Gasteiger partial charge >= 0.3 is 0 Å². The van der Waals surface area contributed by atoms with Gasteiger partial charge in [-0.3, -0.25) is 4.98 Å². The van der Waals surface area contributed by atoms with Gasteiger partial charge in [-0.25, -0.2) is 9.50 Å². The molecule has 1 fully saturated rings. The van der Waals surface area contributed by atoms with Crippen LogP contribution in [0.4, 0.5) is 5.13 Å². The molecule has 1 aliphatic rings. The van der Waals surface area contributed by atoms with Crippen molar-refractivity contribution in [3.63, 3.8) is 0 Å². The Morgan fingerprint density at radius 1 is 1.33 bits per heavy atom.